The number of carbonyl (C=O) groups is 2. The fourth-order valence-electron chi connectivity index (χ4n) is 2.39. The lowest BCUT2D eigenvalue weighted by atomic mass is 10.1. The molecule has 0 aliphatic rings. The van der Waals surface area contributed by atoms with Crippen LogP contribution >= 0.6 is 0 Å². The third-order valence-electron chi connectivity index (χ3n) is 3.52. The first kappa shape index (κ1) is 13.3. The number of para-hydroxylation sites is 2. The van der Waals surface area contributed by atoms with Crippen molar-refractivity contribution in [1.29, 1.82) is 0 Å². The van der Waals surface area contributed by atoms with Crippen LogP contribution in [0.25, 0.3) is 11.0 Å². The number of furan rings is 1. The van der Waals surface area contributed by atoms with Crippen molar-refractivity contribution in [3.05, 3.63) is 53.7 Å². The average molecular weight is 282 g/mol. The van der Waals surface area contributed by atoms with E-state index >= 15 is 0 Å². The number of imidazole rings is 1. The van der Waals surface area contributed by atoms with Gasteiger partial charge in [-0.25, -0.2) is 4.98 Å². The number of nitrogens with zero attached hydrogens (tertiary/aromatic N) is 2. The maximum absolute atomic E-state index is 12.3. The lowest BCUT2D eigenvalue weighted by Gasteiger charge is -2.01. The first-order valence-corrected chi connectivity index (χ1v) is 6.60. The van der Waals surface area contributed by atoms with Gasteiger partial charge in [0.25, 0.3) is 0 Å². The highest BCUT2D eigenvalue weighted by molar-refractivity contribution is 6.13. The van der Waals surface area contributed by atoms with Crippen LogP contribution in [0, 0.1) is 6.92 Å². The Kier molecular flexibility index (Phi) is 3.17. The quantitative estimate of drug-likeness (QED) is 0.545. The summed E-state index contributed by atoms with van der Waals surface area (Å²) >= 11 is 0. The second-order valence-electron chi connectivity index (χ2n) is 4.90. The Morgan fingerprint density at radius 1 is 1.19 bits per heavy atom. The Morgan fingerprint density at radius 2 is 1.95 bits per heavy atom. The molecule has 5 nitrogen and oxygen atoms in total. The van der Waals surface area contributed by atoms with Gasteiger partial charge in [-0.15, -0.1) is 0 Å². The second kappa shape index (κ2) is 5.01. The molecule has 0 N–H and O–H groups in total. The highest BCUT2D eigenvalue weighted by Gasteiger charge is 2.21. The van der Waals surface area contributed by atoms with Gasteiger partial charge < -0.3 is 8.98 Å². The van der Waals surface area contributed by atoms with Gasteiger partial charge in [0.2, 0.25) is 5.78 Å². The smallest absolute Gasteiger partial charge is 0.206 e. The standard InChI is InChI=1S/C16H14N2O3/c1-10-11(7-8-21-10)14(19)9-15(20)16-17-12-5-3-4-6-13(12)18(16)2/h3-8H,9H2,1-2H3. The maximum atomic E-state index is 12.3. The van der Waals surface area contributed by atoms with Crippen LogP contribution in [0.3, 0.4) is 0 Å². The van der Waals surface area contributed by atoms with Crippen LogP contribution in [-0.2, 0) is 7.05 Å². The van der Waals surface area contributed by atoms with Crippen molar-refractivity contribution in [1.82, 2.24) is 9.55 Å². The summed E-state index contributed by atoms with van der Waals surface area (Å²) in [7, 11) is 1.77. The molecule has 2 heterocycles. The Labute approximate surface area is 121 Å². The number of rotatable bonds is 4. The molecule has 5 heteroatoms. The lowest BCUT2D eigenvalue weighted by Crippen LogP contribution is -2.13. The third kappa shape index (κ3) is 2.27. The van der Waals surface area contributed by atoms with Crippen molar-refractivity contribution < 1.29 is 14.0 Å². The van der Waals surface area contributed by atoms with E-state index < -0.39 is 0 Å². The zero-order valence-corrected chi connectivity index (χ0v) is 11.8. The fraction of sp³-hybridized carbons (Fsp3) is 0.188. The Morgan fingerprint density at radius 3 is 2.62 bits per heavy atom. The van der Waals surface area contributed by atoms with E-state index in [0.717, 1.165) is 11.0 Å². The molecule has 0 aliphatic carbocycles. The molecule has 21 heavy (non-hydrogen) atoms. The van der Waals surface area contributed by atoms with Crippen LogP contribution in [0.2, 0.25) is 0 Å². The summed E-state index contributed by atoms with van der Waals surface area (Å²) in [6.07, 6.45) is 1.24. The van der Waals surface area contributed by atoms with Crippen LogP contribution in [0.15, 0.2) is 41.0 Å². The first-order chi connectivity index (χ1) is 10.1. The second-order valence-corrected chi connectivity index (χ2v) is 4.90. The number of hydrogen-bond acceptors (Lipinski definition) is 4. The van der Waals surface area contributed by atoms with Crippen molar-refractivity contribution >= 4 is 22.6 Å². The Hall–Kier alpha value is -2.69. The van der Waals surface area contributed by atoms with E-state index in [1.54, 1.807) is 24.6 Å². The number of ketones is 2. The van der Waals surface area contributed by atoms with Gasteiger partial charge in [-0.1, -0.05) is 12.1 Å². The zero-order chi connectivity index (χ0) is 15.0. The molecule has 0 aliphatic heterocycles. The predicted molar refractivity (Wildman–Crippen MR) is 77.4 cm³/mol. The molecule has 0 saturated heterocycles. The molecule has 0 radical (unpaired) electrons. The monoisotopic (exact) mass is 282 g/mol. The fourth-order valence-corrected chi connectivity index (χ4v) is 2.39. The largest absolute Gasteiger partial charge is 0.469 e. The predicted octanol–water partition coefficient (Wildman–Crippen LogP) is 2.93. The van der Waals surface area contributed by atoms with Crippen LogP contribution < -0.4 is 0 Å². The summed E-state index contributed by atoms with van der Waals surface area (Å²) in [5.41, 5.74) is 2.06. The minimum absolute atomic E-state index is 0.211. The van der Waals surface area contributed by atoms with Crippen LogP contribution in [0.5, 0.6) is 0 Å². The normalized spacial score (nSPS) is 11.0. The van der Waals surface area contributed by atoms with E-state index in [1.165, 1.54) is 6.26 Å². The molecule has 0 saturated carbocycles. The molecule has 106 valence electrons. The summed E-state index contributed by atoms with van der Waals surface area (Å²) < 4.78 is 6.81. The van der Waals surface area contributed by atoms with E-state index in [2.05, 4.69) is 4.98 Å². The zero-order valence-electron chi connectivity index (χ0n) is 11.8. The molecule has 3 rings (SSSR count). The third-order valence-corrected chi connectivity index (χ3v) is 3.52. The van der Waals surface area contributed by atoms with Gasteiger partial charge >= 0.3 is 0 Å². The topological polar surface area (TPSA) is 65.1 Å². The maximum Gasteiger partial charge on any atom is 0.206 e. The molecular formula is C16H14N2O3. The van der Waals surface area contributed by atoms with Gasteiger partial charge in [0, 0.05) is 7.05 Å². The highest BCUT2D eigenvalue weighted by Crippen LogP contribution is 2.17. The van der Waals surface area contributed by atoms with E-state index in [0.29, 0.717) is 17.1 Å². The minimum Gasteiger partial charge on any atom is -0.469 e. The molecular weight excluding hydrogens is 268 g/mol. The number of hydrogen-bond donors (Lipinski definition) is 0. The highest BCUT2D eigenvalue weighted by atomic mass is 16.3. The molecule has 0 amide bonds. The van der Waals surface area contributed by atoms with Crippen molar-refractivity contribution in [3.8, 4) is 0 Å². The van der Waals surface area contributed by atoms with E-state index in [-0.39, 0.29) is 18.0 Å². The molecule has 0 unspecified atom stereocenters. The Balaban J connectivity index is 1.89. The number of fused-ring (bicyclic) bond motifs is 1. The van der Waals surface area contributed by atoms with Gasteiger partial charge in [-0.05, 0) is 25.1 Å². The molecule has 0 spiro atoms. The molecule has 1 aromatic carbocycles. The van der Waals surface area contributed by atoms with Gasteiger partial charge in [-0.2, -0.15) is 0 Å². The number of aromatic nitrogens is 2. The minimum atomic E-state index is -0.292. The molecule has 0 fully saturated rings. The van der Waals surface area contributed by atoms with Crippen LogP contribution in [0.1, 0.15) is 33.2 Å². The van der Waals surface area contributed by atoms with Gasteiger partial charge in [0.15, 0.2) is 11.6 Å². The Bertz CT molecular complexity index is 842. The van der Waals surface area contributed by atoms with Gasteiger partial charge in [-0.3, -0.25) is 9.59 Å². The first-order valence-electron chi connectivity index (χ1n) is 6.60. The van der Waals surface area contributed by atoms with E-state index in [4.69, 9.17) is 4.42 Å². The number of benzene rings is 1. The van der Waals surface area contributed by atoms with Crippen LogP contribution in [-0.4, -0.2) is 21.1 Å². The summed E-state index contributed by atoms with van der Waals surface area (Å²) in [5, 5.41) is 0. The molecule has 0 atom stereocenters. The molecule has 2 aromatic heterocycles. The van der Waals surface area contributed by atoms with E-state index in [1.807, 2.05) is 24.3 Å². The molecule has 3 aromatic rings. The number of aryl methyl sites for hydroxylation is 2. The lowest BCUT2D eigenvalue weighted by molar-refractivity contribution is 0.0886. The van der Waals surface area contributed by atoms with Crippen molar-refractivity contribution in [2.45, 2.75) is 13.3 Å². The summed E-state index contributed by atoms with van der Waals surface area (Å²) in [4.78, 5) is 28.7. The SMILES string of the molecule is Cc1occc1C(=O)CC(=O)c1nc2ccccc2n1C. The van der Waals surface area contributed by atoms with E-state index in [9.17, 15) is 9.59 Å². The van der Waals surface area contributed by atoms with Crippen molar-refractivity contribution in [2.24, 2.45) is 7.05 Å². The summed E-state index contributed by atoms with van der Waals surface area (Å²) in [6.45, 7) is 1.70. The summed E-state index contributed by atoms with van der Waals surface area (Å²) in [6, 6.07) is 9.07. The van der Waals surface area contributed by atoms with Gasteiger partial charge in [0.05, 0.1) is 29.3 Å². The number of Topliss-reactive ketones (excluding diaryl/α,β-unsaturated/α-hetero) is 2. The molecule has 0 bridgehead atoms. The van der Waals surface area contributed by atoms with Crippen LogP contribution in [0.4, 0.5) is 0 Å². The van der Waals surface area contributed by atoms with Gasteiger partial charge in [0.1, 0.15) is 5.76 Å². The van der Waals surface area contributed by atoms with Crippen molar-refractivity contribution in [3.63, 3.8) is 0 Å². The van der Waals surface area contributed by atoms with Crippen molar-refractivity contribution in [2.75, 3.05) is 0 Å². The average Bonchev–Trinajstić information content (AvgIpc) is 3.03. The summed E-state index contributed by atoms with van der Waals surface area (Å²) in [5.74, 6) is 0.279. The number of carbonyl (C=O) groups excluding carboxylic acids is 2.